The summed E-state index contributed by atoms with van der Waals surface area (Å²) >= 11 is 0. The fourth-order valence-corrected chi connectivity index (χ4v) is 2.50. The zero-order valence-electron chi connectivity index (χ0n) is 14.2. The van der Waals surface area contributed by atoms with Crippen molar-refractivity contribution in [3.05, 3.63) is 48.6 Å². The Balaban J connectivity index is 1.85. The lowest BCUT2D eigenvalue weighted by molar-refractivity contribution is -0.131. The van der Waals surface area contributed by atoms with Gasteiger partial charge in [0.1, 0.15) is 0 Å². The van der Waals surface area contributed by atoms with E-state index in [9.17, 15) is 4.79 Å². The van der Waals surface area contributed by atoms with Crippen LogP contribution in [0.1, 0.15) is 58.3 Å². The monoisotopic (exact) mass is 318 g/mol. The van der Waals surface area contributed by atoms with Crippen molar-refractivity contribution in [2.45, 2.75) is 70.5 Å². The number of carboxylic acid groups (broad SMARTS) is 1. The van der Waals surface area contributed by atoms with Gasteiger partial charge in [0.05, 0.1) is 12.2 Å². The van der Waals surface area contributed by atoms with Crippen LogP contribution in [0.2, 0.25) is 0 Å². The molecular weight excluding hydrogens is 288 g/mol. The summed E-state index contributed by atoms with van der Waals surface area (Å²) in [7, 11) is 0. The summed E-state index contributed by atoms with van der Waals surface area (Å²) in [5, 5.41) is 8.40. The van der Waals surface area contributed by atoms with Crippen molar-refractivity contribution < 1.29 is 14.6 Å². The second-order valence-corrected chi connectivity index (χ2v) is 5.86. The number of ether oxygens (including phenoxy) is 1. The topological polar surface area (TPSA) is 49.8 Å². The predicted molar refractivity (Wildman–Crippen MR) is 95.5 cm³/mol. The number of allylic oxidation sites excluding steroid dienone is 7. The zero-order chi connectivity index (χ0) is 16.8. The van der Waals surface area contributed by atoms with Crippen LogP contribution in [0.25, 0.3) is 0 Å². The molecule has 2 atom stereocenters. The third kappa shape index (κ3) is 11.6. The molecule has 0 saturated carbocycles. The molecule has 3 heteroatoms. The molecule has 23 heavy (non-hydrogen) atoms. The summed E-state index contributed by atoms with van der Waals surface area (Å²) in [5.74, 6) is -0.926. The molecule has 0 aromatic heterocycles. The molecule has 0 radical (unpaired) electrons. The largest absolute Gasteiger partial charge is 0.478 e. The Morgan fingerprint density at radius 1 is 0.913 bits per heavy atom. The van der Waals surface area contributed by atoms with Crippen LogP contribution in [-0.4, -0.2) is 23.3 Å². The zero-order valence-corrected chi connectivity index (χ0v) is 14.2. The summed E-state index contributed by atoms with van der Waals surface area (Å²) in [6.45, 7) is 2.19. The van der Waals surface area contributed by atoms with Crippen LogP contribution in [0, 0.1) is 0 Å². The Labute approximate surface area is 140 Å². The lowest BCUT2D eigenvalue weighted by Crippen LogP contribution is -1.92. The third-order valence-corrected chi connectivity index (χ3v) is 3.88. The molecule has 128 valence electrons. The van der Waals surface area contributed by atoms with Crippen LogP contribution in [0.15, 0.2) is 48.6 Å². The standard InChI is InChI=1S/C20H30O3/c1-2-18-19(23-18)16-14-12-10-8-6-4-3-5-7-9-11-13-15-17-20(21)22/h3,5,7,9,11,13,15,17-19H,2,4,6,8,10,12,14,16H2,1H3,(H,21,22)/t18-,19+/m0/s1. The molecule has 0 aliphatic carbocycles. The first-order valence-corrected chi connectivity index (χ1v) is 8.79. The molecule has 0 aromatic carbocycles. The fraction of sp³-hybridized carbons (Fsp3) is 0.550. The normalized spacial score (nSPS) is 21.3. The van der Waals surface area contributed by atoms with Crippen LogP contribution >= 0.6 is 0 Å². The predicted octanol–water partition coefficient (Wildman–Crippen LogP) is 5.20. The maximum Gasteiger partial charge on any atom is 0.328 e. The molecule has 0 amide bonds. The minimum atomic E-state index is -0.926. The Morgan fingerprint density at radius 3 is 2.26 bits per heavy atom. The lowest BCUT2D eigenvalue weighted by atomic mass is 10.1. The highest BCUT2D eigenvalue weighted by Crippen LogP contribution is 2.29. The minimum absolute atomic E-state index is 0.566. The van der Waals surface area contributed by atoms with Crippen LogP contribution in [0.3, 0.4) is 0 Å². The van der Waals surface area contributed by atoms with Crippen LogP contribution in [-0.2, 0) is 9.53 Å². The summed E-state index contributed by atoms with van der Waals surface area (Å²) in [6, 6.07) is 0. The van der Waals surface area contributed by atoms with Crippen LogP contribution in [0.4, 0.5) is 0 Å². The number of carboxylic acids is 1. The van der Waals surface area contributed by atoms with Gasteiger partial charge in [0.25, 0.3) is 0 Å². The Hall–Kier alpha value is -1.61. The van der Waals surface area contributed by atoms with Gasteiger partial charge in [0.15, 0.2) is 0 Å². The molecule has 1 fully saturated rings. The van der Waals surface area contributed by atoms with Crippen molar-refractivity contribution in [1.29, 1.82) is 0 Å². The van der Waals surface area contributed by atoms with Gasteiger partial charge in [-0.2, -0.15) is 0 Å². The molecule has 1 aliphatic heterocycles. The highest BCUT2D eigenvalue weighted by molar-refractivity contribution is 5.80. The average molecular weight is 318 g/mol. The first kappa shape index (κ1) is 19.4. The molecule has 0 spiro atoms. The number of carbonyl (C=O) groups is 1. The summed E-state index contributed by atoms with van der Waals surface area (Å²) in [5.41, 5.74) is 0. The van der Waals surface area contributed by atoms with Gasteiger partial charge in [-0.25, -0.2) is 4.79 Å². The lowest BCUT2D eigenvalue weighted by Gasteiger charge is -1.98. The molecule has 1 aliphatic rings. The van der Waals surface area contributed by atoms with E-state index in [4.69, 9.17) is 9.84 Å². The third-order valence-electron chi connectivity index (χ3n) is 3.88. The van der Waals surface area contributed by atoms with Crippen LogP contribution in [0.5, 0.6) is 0 Å². The minimum Gasteiger partial charge on any atom is -0.478 e. The number of unbranched alkanes of at least 4 members (excludes halogenated alkanes) is 5. The molecule has 1 rings (SSSR count). The molecule has 0 aromatic rings. The molecule has 3 nitrogen and oxygen atoms in total. The van der Waals surface area contributed by atoms with Crippen molar-refractivity contribution in [2.24, 2.45) is 0 Å². The van der Waals surface area contributed by atoms with Gasteiger partial charge in [-0.05, 0) is 25.7 Å². The Kier molecular flexibility index (Phi) is 10.9. The Bertz CT molecular complexity index is 432. The van der Waals surface area contributed by atoms with Gasteiger partial charge in [0.2, 0.25) is 0 Å². The number of epoxide rings is 1. The van der Waals surface area contributed by atoms with Gasteiger partial charge in [0, 0.05) is 6.08 Å². The fourth-order valence-electron chi connectivity index (χ4n) is 2.50. The second kappa shape index (κ2) is 12.9. The van der Waals surface area contributed by atoms with E-state index in [0.29, 0.717) is 12.2 Å². The number of rotatable bonds is 13. The highest BCUT2D eigenvalue weighted by atomic mass is 16.6. The van der Waals surface area contributed by atoms with E-state index < -0.39 is 5.97 Å². The molecule has 1 N–H and O–H groups in total. The van der Waals surface area contributed by atoms with Gasteiger partial charge in [-0.15, -0.1) is 0 Å². The van der Waals surface area contributed by atoms with E-state index in [2.05, 4.69) is 13.0 Å². The van der Waals surface area contributed by atoms with E-state index in [0.717, 1.165) is 12.5 Å². The average Bonchev–Trinajstić information content (AvgIpc) is 3.29. The second-order valence-electron chi connectivity index (χ2n) is 5.86. The maximum atomic E-state index is 10.2. The number of hydrogen-bond acceptors (Lipinski definition) is 2. The van der Waals surface area contributed by atoms with Crippen LogP contribution < -0.4 is 0 Å². The summed E-state index contributed by atoms with van der Waals surface area (Å²) in [6.07, 6.45) is 25.4. The van der Waals surface area contributed by atoms with Crippen molar-refractivity contribution >= 4 is 5.97 Å². The van der Waals surface area contributed by atoms with E-state index in [-0.39, 0.29) is 0 Å². The SMILES string of the molecule is CC[C@@H]1O[C@@H]1CCCCCCCC=CC=CC=CC=CC(=O)O. The molecule has 0 unspecified atom stereocenters. The van der Waals surface area contributed by atoms with Crippen molar-refractivity contribution in [2.75, 3.05) is 0 Å². The quantitative estimate of drug-likeness (QED) is 0.220. The number of aliphatic carboxylic acids is 1. The van der Waals surface area contributed by atoms with Crippen molar-refractivity contribution in [3.8, 4) is 0 Å². The van der Waals surface area contributed by atoms with E-state index in [1.807, 2.05) is 24.3 Å². The maximum absolute atomic E-state index is 10.2. The summed E-state index contributed by atoms with van der Waals surface area (Å²) < 4.78 is 5.54. The molecule has 1 heterocycles. The van der Waals surface area contributed by atoms with Gasteiger partial charge < -0.3 is 9.84 Å². The van der Waals surface area contributed by atoms with Crippen molar-refractivity contribution in [1.82, 2.24) is 0 Å². The Morgan fingerprint density at radius 2 is 1.57 bits per heavy atom. The van der Waals surface area contributed by atoms with E-state index in [1.54, 1.807) is 6.08 Å². The number of hydrogen-bond donors (Lipinski definition) is 1. The van der Waals surface area contributed by atoms with Gasteiger partial charge in [-0.3, -0.25) is 0 Å². The van der Waals surface area contributed by atoms with Crippen molar-refractivity contribution in [3.63, 3.8) is 0 Å². The van der Waals surface area contributed by atoms with Gasteiger partial charge in [-0.1, -0.05) is 75.1 Å². The molecule has 0 bridgehead atoms. The van der Waals surface area contributed by atoms with Gasteiger partial charge >= 0.3 is 5.97 Å². The molecule has 1 saturated heterocycles. The van der Waals surface area contributed by atoms with E-state index in [1.165, 1.54) is 51.0 Å². The molecular formula is C20H30O3. The highest BCUT2D eigenvalue weighted by Gasteiger charge is 2.35. The smallest absolute Gasteiger partial charge is 0.328 e. The van der Waals surface area contributed by atoms with E-state index >= 15 is 0 Å². The first-order chi connectivity index (χ1) is 11.2. The first-order valence-electron chi connectivity index (χ1n) is 8.79. The summed E-state index contributed by atoms with van der Waals surface area (Å²) in [4.78, 5) is 10.2.